The molecule has 0 aliphatic heterocycles. The SMILES string of the molecule is CCO[Si](Cl)(Cl)C(C)(C)[Si](Cl)(Cl)OCC. The largest absolute Gasteiger partial charge is 0.397 e. The summed E-state index contributed by atoms with van der Waals surface area (Å²) in [6, 6.07) is 0. The molecule has 92 valence electrons. The second-order valence-electron chi connectivity index (χ2n) is 3.52. The van der Waals surface area contributed by atoms with Gasteiger partial charge in [-0.2, -0.15) is 0 Å². The molecule has 8 heteroatoms. The van der Waals surface area contributed by atoms with Crippen molar-refractivity contribution in [1.82, 2.24) is 0 Å². The Labute approximate surface area is 112 Å². The van der Waals surface area contributed by atoms with Crippen molar-refractivity contribution < 1.29 is 8.85 Å². The molecule has 0 saturated heterocycles. The summed E-state index contributed by atoms with van der Waals surface area (Å²) in [6.07, 6.45) is 0. The molecule has 0 rings (SSSR count). The third kappa shape index (κ3) is 3.74. The van der Waals surface area contributed by atoms with E-state index in [9.17, 15) is 0 Å². The maximum absolute atomic E-state index is 6.22. The van der Waals surface area contributed by atoms with Gasteiger partial charge >= 0.3 is 13.9 Å². The molecule has 0 fully saturated rings. The Bertz CT molecular complexity index is 191. The molecule has 15 heavy (non-hydrogen) atoms. The fraction of sp³-hybridized carbons (Fsp3) is 1.00. The van der Waals surface area contributed by atoms with Crippen LogP contribution in [0.5, 0.6) is 0 Å². The summed E-state index contributed by atoms with van der Waals surface area (Å²) >= 11 is 24.9. The molecule has 0 aromatic heterocycles. The van der Waals surface area contributed by atoms with Crippen molar-refractivity contribution in [1.29, 1.82) is 0 Å². The van der Waals surface area contributed by atoms with Crippen molar-refractivity contribution in [3.63, 3.8) is 0 Å². The molecule has 0 N–H and O–H groups in total. The minimum atomic E-state index is -2.99. The molecule has 0 heterocycles. The molecule has 0 aromatic rings. The molecular weight excluding hydrogens is 314 g/mol. The van der Waals surface area contributed by atoms with Crippen LogP contribution in [-0.4, -0.2) is 27.1 Å². The van der Waals surface area contributed by atoms with Gasteiger partial charge in [0, 0.05) is 13.2 Å². The lowest BCUT2D eigenvalue weighted by Gasteiger charge is -2.39. The predicted octanol–water partition coefficient (Wildman–Crippen LogP) is 4.21. The van der Waals surface area contributed by atoms with Gasteiger partial charge in [-0.3, -0.25) is 0 Å². The topological polar surface area (TPSA) is 18.5 Å². The van der Waals surface area contributed by atoms with E-state index in [1.165, 1.54) is 0 Å². The summed E-state index contributed by atoms with van der Waals surface area (Å²) in [5.41, 5.74) is 0. The van der Waals surface area contributed by atoms with Gasteiger partial charge in [0.15, 0.2) is 0 Å². The van der Waals surface area contributed by atoms with Crippen molar-refractivity contribution in [2.75, 3.05) is 13.2 Å². The zero-order chi connectivity index (χ0) is 12.3. The molecule has 0 unspecified atom stereocenters. The Hall–Kier alpha value is 1.51. The van der Waals surface area contributed by atoms with Crippen molar-refractivity contribution in [2.24, 2.45) is 0 Å². The standard InChI is InChI=1S/C7H16Cl4O2Si2/c1-5-12-14(8,9)7(3,4)15(10,11)13-6-2/h5-6H2,1-4H3. The zero-order valence-corrected chi connectivity index (χ0v) is 14.3. The highest BCUT2D eigenvalue weighted by Gasteiger charge is 2.63. The van der Waals surface area contributed by atoms with E-state index in [4.69, 9.17) is 53.2 Å². The van der Waals surface area contributed by atoms with Crippen LogP contribution in [0.25, 0.3) is 0 Å². The van der Waals surface area contributed by atoms with Gasteiger partial charge in [0.1, 0.15) is 0 Å². The Balaban J connectivity index is 4.93. The molecule has 0 aromatic carbocycles. The highest BCUT2D eigenvalue weighted by Crippen LogP contribution is 2.53. The molecule has 0 aliphatic carbocycles. The van der Waals surface area contributed by atoms with Crippen LogP contribution in [0.2, 0.25) is 4.66 Å². The second-order valence-corrected chi connectivity index (χ2v) is 16.7. The molecular formula is C7H16Cl4O2Si2. The first kappa shape index (κ1) is 16.5. The highest BCUT2D eigenvalue weighted by atomic mass is 35.7. The summed E-state index contributed by atoms with van der Waals surface area (Å²) in [5, 5.41) is 0. The van der Waals surface area contributed by atoms with Gasteiger partial charge in [-0.05, 0) is 13.8 Å². The number of hydrogen-bond donors (Lipinski definition) is 0. The molecule has 0 atom stereocenters. The average molecular weight is 330 g/mol. The van der Waals surface area contributed by atoms with E-state index < -0.39 is 18.5 Å². The first-order valence-corrected chi connectivity index (χ1v) is 12.5. The smallest absolute Gasteiger partial charge is 0.392 e. The van der Waals surface area contributed by atoms with Crippen LogP contribution in [0, 0.1) is 0 Å². The number of halogens is 4. The van der Waals surface area contributed by atoms with E-state index in [0.29, 0.717) is 13.2 Å². The van der Waals surface area contributed by atoms with Crippen molar-refractivity contribution >= 4 is 58.2 Å². The maximum Gasteiger partial charge on any atom is 0.397 e. The van der Waals surface area contributed by atoms with Crippen LogP contribution in [0.3, 0.4) is 0 Å². The van der Waals surface area contributed by atoms with Crippen LogP contribution in [-0.2, 0) is 8.85 Å². The van der Waals surface area contributed by atoms with Crippen LogP contribution >= 0.6 is 44.3 Å². The first-order valence-electron chi connectivity index (χ1n) is 4.66. The first-order chi connectivity index (χ1) is 6.62. The lowest BCUT2D eigenvalue weighted by Crippen LogP contribution is -2.52. The number of rotatable bonds is 6. The van der Waals surface area contributed by atoms with Gasteiger partial charge in [0.05, 0.1) is 4.66 Å². The van der Waals surface area contributed by atoms with Crippen LogP contribution < -0.4 is 0 Å². The van der Waals surface area contributed by atoms with Gasteiger partial charge in [-0.25, -0.2) is 0 Å². The van der Waals surface area contributed by atoms with E-state index >= 15 is 0 Å². The van der Waals surface area contributed by atoms with E-state index in [2.05, 4.69) is 0 Å². The van der Waals surface area contributed by atoms with Crippen molar-refractivity contribution in [3.8, 4) is 0 Å². The van der Waals surface area contributed by atoms with Crippen LogP contribution in [0.15, 0.2) is 0 Å². The van der Waals surface area contributed by atoms with Crippen molar-refractivity contribution in [2.45, 2.75) is 32.4 Å². The molecule has 0 amide bonds. The fourth-order valence-electron chi connectivity index (χ4n) is 0.893. The molecule has 0 saturated carbocycles. The van der Waals surface area contributed by atoms with E-state index in [-0.39, 0.29) is 0 Å². The molecule has 0 bridgehead atoms. The Morgan fingerprint density at radius 1 is 0.867 bits per heavy atom. The predicted molar refractivity (Wildman–Crippen MR) is 72.2 cm³/mol. The lowest BCUT2D eigenvalue weighted by atomic mass is 10.5. The zero-order valence-electron chi connectivity index (χ0n) is 9.24. The Morgan fingerprint density at radius 2 is 1.13 bits per heavy atom. The highest BCUT2D eigenvalue weighted by molar-refractivity contribution is 7.55. The van der Waals surface area contributed by atoms with Gasteiger partial charge in [0.2, 0.25) is 0 Å². The summed E-state index contributed by atoms with van der Waals surface area (Å²) in [4.78, 5) is 0. The molecule has 0 spiro atoms. The second kappa shape index (κ2) is 5.91. The monoisotopic (exact) mass is 328 g/mol. The van der Waals surface area contributed by atoms with Gasteiger partial charge in [-0.1, -0.05) is 13.8 Å². The fourth-order valence-corrected chi connectivity index (χ4v) is 12.0. The van der Waals surface area contributed by atoms with Gasteiger partial charge in [0.25, 0.3) is 0 Å². The Morgan fingerprint density at radius 3 is 1.33 bits per heavy atom. The van der Waals surface area contributed by atoms with Crippen LogP contribution in [0.4, 0.5) is 0 Å². The number of hydrogen-bond acceptors (Lipinski definition) is 2. The average Bonchev–Trinajstić information content (AvgIpc) is 2.03. The van der Waals surface area contributed by atoms with E-state index in [1.54, 1.807) is 13.8 Å². The van der Waals surface area contributed by atoms with E-state index in [1.807, 2.05) is 13.8 Å². The third-order valence-electron chi connectivity index (χ3n) is 2.11. The van der Waals surface area contributed by atoms with Gasteiger partial charge in [-0.15, -0.1) is 44.3 Å². The summed E-state index contributed by atoms with van der Waals surface area (Å²) in [5.74, 6) is 0. The van der Waals surface area contributed by atoms with Gasteiger partial charge < -0.3 is 8.85 Å². The normalized spacial score (nSPS) is 14.4. The summed E-state index contributed by atoms with van der Waals surface area (Å²) in [7, 11) is 0. The summed E-state index contributed by atoms with van der Waals surface area (Å²) in [6.45, 7) is 2.16. The van der Waals surface area contributed by atoms with Crippen LogP contribution in [0.1, 0.15) is 27.7 Å². The van der Waals surface area contributed by atoms with E-state index in [0.717, 1.165) is 0 Å². The summed E-state index contributed by atoms with van der Waals surface area (Å²) < 4.78 is 10.1. The molecule has 2 nitrogen and oxygen atoms in total. The minimum Gasteiger partial charge on any atom is -0.392 e. The molecule has 0 radical (unpaired) electrons. The maximum atomic E-state index is 6.22. The minimum absolute atomic E-state index is 0.438. The third-order valence-corrected chi connectivity index (χ3v) is 17.3. The van der Waals surface area contributed by atoms with Crippen molar-refractivity contribution in [3.05, 3.63) is 0 Å². The molecule has 0 aliphatic rings. The lowest BCUT2D eigenvalue weighted by molar-refractivity contribution is 0.313. The Kier molecular flexibility index (Phi) is 6.51. The quantitative estimate of drug-likeness (QED) is 0.536.